The number of hydrogen-bond donors (Lipinski definition) is 1. The van der Waals surface area contributed by atoms with Gasteiger partial charge < -0.3 is 10.5 Å². The molecule has 0 amide bonds. The van der Waals surface area contributed by atoms with E-state index in [1.54, 1.807) is 0 Å². The van der Waals surface area contributed by atoms with Gasteiger partial charge in [0.15, 0.2) is 0 Å². The van der Waals surface area contributed by atoms with E-state index in [1.165, 1.54) is 0 Å². The van der Waals surface area contributed by atoms with Crippen molar-refractivity contribution >= 4 is 0 Å². The standard InChI is InChI=1S/C9H21NO/c1-7(2)11-8(3)6-9(4,5)10/h7-8H,6,10H2,1-5H3. The van der Waals surface area contributed by atoms with Gasteiger partial charge in [-0.15, -0.1) is 0 Å². The molecule has 0 rings (SSSR count). The Hall–Kier alpha value is -0.0800. The Kier molecular flexibility index (Phi) is 4.04. The van der Waals surface area contributed by atoms with E-state index in [2.05, 4.69) is 6.92 Å². The molecule has 2 nitrogen and oxygen atoms in total. The van der Waals surface area contributed by atoms with Gasteiger partial charge in [-0.05, 0) is 41.0 Å². The van der Waals surface area contributed by atoms with Gasteiger partial charge in [0, 0.05) is 5.54 Å². The summed E-state index contributed by atoms with van der Waals surface area (Å²) in [6.45, 7) is 10.2. The Labute approximate surface area is 70.1 Å². The van der Waals surface area contributed by atoms with Crippen LogP contribution in [0.1, 0.15) is 41.0 Å². The Bertz CT molecular complexity index is 105. The molecule has 0 spiro atoms. The molecule has 2 N–H and O–H groups in total. The lowest BCUT2D eigenvalue weighted by molar-refractivity contribution is 0.00518. The van der Waals surface area contributed by atoms with Gasteiger partial charge in [0.25, 0.3) is 0 Å². The molecule has 0 aliphatic heterocycles. The molecule has 0 aliphatic rings. The Balaban J connectivity index is 3.61. The molecular weight excluding hydrogens is 138 g/mol. The van der Waals surface area contributed by atoms with E-state index >= 15 is 0 Å². The monoisotopic (exact) mass is 159 g/mol. The van der Waals surface area contributed by atoms with Crippen molar-refractivity contribution in [2.75, 3.05) is 0 Å². The van der Waals surface area contributed by atoms with E-state index in [4.69, 9.17) is 10.5 Å². The third-order valence-electron chi connectivity index (χ3n) is 1.32. The van der Waals surface area contributed by atoms with Crippen LogP contribution in [0.5, 0.6) is 0 Å². The van der Waals surface area contributed by atoms with Crippen molar-refractivity contribution in [2.24, 2.45) is 5.73 Å². The Morgan fingerprint density at radius 1 is 1.27 bits per heavy atom. The number of hydrogen-bond acceptors (Lipinski definition) is 2. The zero-order valence-electron chi connectivity index (χ0n) is 8.35. The molecule has 0 fully saturated rings. The highest BCUT2D eigenvalue weighted by atomic mass is 16.5. The summed E-state index contributed by atoms with van der Waals surface area (Å²) in [5.41, 5.74) is 5.72. The average Bonchev–Trinajstić information content (AvgIpc) is 1.53. The van der Waals surface area contributed by atoms with Crippen LogP contribution in [0.4, 0.5) is 0 Å². The van der Waals surface area contributed by atoms with Crippen LogP contribution in [0.2, 0.25) is 0 Å². The Morgan fingerprint density at radius 3 is 2.00 bits per heavy atom. The van der Waals surface area contributed by atoms with Crippen LogP contribution in [0.3, 0.4) is 0 Å². The van der Waals surface area contributed by atoms with E-state index in [0.717, 1.165) is 6.42 Å². The van der Waals surface area contributed by atoms with Crippen LogP contribution in [0.15, 0.2) is 0 Å². The fourth-order valence-electron chi connectivity index (χ4n) is 1.25. The molecule has 0 aromatic rings. The second kappa shape index (κ2) is 4.07. The van der Waals surface area contributed by atoms with Crippen LogP contribution < -0.4 is 5.73 Å². The third kappa shape index (κ3) is 7.82. The molecule has 68 valence electrons. The minimum atomic E-state index is -0.117. The van der Waals surface area contributed by atoms with Gasteiger partial charge in [0.05, 0.1) is 12.2 Å². The maximum Gasteiger partial charge on any atom is 0.0567 e. The lowest BCUT2D eigenvalue weighted by Crippen LogP contribution is -2.36. The lowest BCUT2D eigenvalue weighted by Gasteiger charge is -2.24. The van der Waals surface area contributed by atoms with Gasteiger partial charge in [-0.25, -0.2) is 0 Å². The topological polar surface area (TPSA) is 35.2 Å². The van der Waals surface area contributed by atoms with Crippen molar-refractivity contribution < 1.29 is 4.74 Å². The van der Waals surface area contributed by atoms with Crippen LogP contribution in [0, 0.1) is 0 Å². The first-order chi connectivity index (χ1) is 4.81. The zero-order valence-corrected chi connectivity index (χ0v) is 8.35. The zero-order chi connectivity index (χ0) is 9.07. The summed E-state index contributed by atoms with van der Waals surface area (Å²) < 4.78 is 5.55. The highest BCUT2D eigenvalue weighted by molar-refractivity contribution is 4.74. The minimum Gasteiger partial charge on any atom is -0.376 e. The first-order valence-electron chi connectivity index (χ1n) is 4.25. The molecule has 0 aliphatic carbocycles. The van der Waals surface area contributed by atoms with Gasteiger partial charge in [-0.1, -0.05) is 0 Å². The number of nitrogens with two attached hydrogens (primary N) is 1. The van der Waals surface area contributed by atoms with Crippen molar-refractivity contribution in [3.05, 3.63) is 0 Å². The smallest absolute Gasteiger partial charge is 0.0567 e. The summed E-state index contributed by atoms with van der Waals surface area (Å²) in [5, 5.41) is 0. The third-order valence-corrected chi connectivity index (χ3v) is 1.32. The fourth-order valence-corrected chi connectivity index (χ4v) is 1.25. The van der Waals surface area contributed by atoms with Crippen molar-refractivity contribution in [1.82, 2.24) is 0 Å². The molecular formula is C9H21NO. The van der Waals surface area contributed by atoms with Crippen LogP contribution in [0.25, 0.3) is 0 Å². The van der Waals surface area contributed by atoms with Gasteiger partial charge in [0.1, 0.15) is 0 Å². The van der Waals surface area contributed by atoms with E-state index in [-0.39, 0.29) is 11.6 Å². The second-order valence-electron chi connectivity index (χ2n) is 4.19. The molecule has 0 bridgehead atoms. The minimum absolute atomic E-state index is 0.117. The Morgan fingerprint density at radius 2 is 1.73 bits per heavy atom. The summed E-state index contributed by atoms with van der Waals surface area (Å²) in [5.74, 6) is 0. The summed E-state index contributed by atoms with van der Waals surface area (Å²) in [7, 11) is 0. The summed E-state index contributed by atoms with van der Waals surface area (Å²) in [6.07, 6.45) is 1.47. The molecule has 1 unspecified atom stereocenters. The van der Waals surface area contributed by atoms with Crippen LogP contribution in [-0.2, 0) is 4.74 Å². The second-order valence-corrected chi connectivity index (χ2v) is 4.19. The van der Waals surface area contributed by atoms with Crippen molar-refractivity contribution in [3.8, 4) is 0 Å². The lowest BCUT2D eigenvalue weighted by atomic mass is 9.99. The maximum absolute atomic E-state index is 5.83. The maximum atomic E-state index is 5.83. The summed E-state index contributed by atoms with van der Waals surface area (Å²) >= 11 is 0. The number of rotatable bonds is 4. The van der Waals surface area contributed by atoms with E-state index in [1.807, 2.05) is 27.7 Å². The largest absolute Gasteiger partial charge is 0.376 e. The summed E-state index contributed by atoms with van der Waals surface area (Å²) in [6, 6.07) is 0. The van der Waals surface area contributed by atoms with Gasteiger partial charge in [0.2, 0.25) is 0 Å². The molecule has 0 saturated heterocycles. The predicted molar refractivity (Wildman–Crippen MR) is 48.6 cm³/mol. The van der Waals surface area contributed by atoms with E-state index in [9.17, 15) is 0 Å². The molecule has 11 heavy (non-hydrogen) atoms. The molecule has 0 saturated carbocycles. The molecule has 0 aromatic carbocycles. The number of ether oxygens (including phenoxy) is 1. The van der Waals surface area contributed by atoms with Crippen molar-refractivity contribution in [2.45, 2.75) is 58.8 Å². The molecule has 0 heterocycles. The predicted octanol–water partition coefficient (Wildman–Crippen LogP) is 1.93. The molecule has 0 radical (unpaired) electrons. The highest BCUT2D eigenvalue weighted by Gasteiger charge is 2.16. The van der Waals surface area contributed by atoms with E-state index < -0.39 is 0 Å². The molecule has 1 atom stereocenters. The van der Waals surface area contributed by atoms with Gasteiger partial charge in [-0.2, -0.15) is 0 Å². The van der Waals surface area contributed by atoms with Crippen LogP contribution in [-0.4, -0.2) is 17.7 Å². The van der Waals surface area contributed by atoms with Crippen molar-refractivity contribution in [3.63, 3.8) is 0 Å². The van der Waals surface area contributed by atoms with Crippen LogP contribution >= 0.6 is 0 Å². The highest BCUT2D eigenvalue weighted by Crippen LogP contribution is 2.11. The SMILES string of the molecule is CC(C)OC(C)CC(C)(C)N. The van der Waals surface area contributed by atoms with E-state index in [0.29, 0.717) is 6.10 Å². The molecule has 2 heteroatoms. The van der Waals surface area contributed by atoms with Gasteiger partial charge in [-0.3, -0.25) is 0 Å². The quantitative estimate of drug-likeness (QED) is 0.680. The first-order valence-corrected chi connectivity index (χ1v) is 4.25. The first kappa shape index (κ1) is 10.9. The molecule has 0 aromatic heterocycles. The van der Waals surface area contributed by atoms with Gasteiger partial charge >= 0.3 is 0 Å². The summed E-state index contributed by atoms with van der Waals surface area (Å²) in [4.78, 5) is 0. The van der Waals surface area contributed by atoms with Crippen molar-refractivity contribution in [1.29, 1.82) is 0 Å². The normalized spacial score (nSPS) is 15.5. The average molecular weight is 159 g/mol. The fraction of sp³-hybridized carbons (Fsp3) is 1.00.